The van der Waals surface area contributed by atoms with Crippen molar-refractivity contribution in [2.75, 3.05) is 19.7 Å². The number of benzene rings is 2. The minimum absolute atomic E-state index is 0.174. The van der Waals surface area contributed by atoms with Gasteiger partial charge < -0.3 is 26.8 Å². The van der Waals surface area contributed by atoms with Gasteiger partial charge in [-0.05, 0) is 47.2 Å². The Bertz CT molecular complexity index is 1100. The van der Waals surface area contributed by atoms with Crippen LogP contribution in [0.1, 0.15) is 28.1 Å². The third-order valence-electron chi connectivity index (χ3n) is 4.98. The third-order valence-corrected chi connectivity index (χ3v) is 5.88. The summed E-state index contributed by atoms with van der Waals surface area (Å²) in [7, 11) is 0. The number of carbonyl (C=O) groups is 3. The van der Waals surface area contributed by atoms with E-state index in [1.54, 1.807) is 23.5 Å². The van der Waals surface area contributed by atoms with E-state index >= 15 is 0 Å². The molecule has 1 heterocycles. The fourth-order valence-electron chi connectivity index (χ4n) is 3.27. The molecule has 3 rings (SSSR count). The van der Waals surface area contributed by atoms with Gasteiger partial charge in [0, 0.05) is 17.8 Å². The Kier molecular flexibility index (Phi) is 8.79. The molecule has 0 aliphatic rings. The van der Waals surface area contributed by atoms with Crippen LogP contribution in [0.4, 0.5) is 0 Å². The van der Waals surface area contributed by atoms with Gasteiger partial charge in [0.25, 0.3) is 5.91 Å². The molecule has 0 bridgehead atoms. The van der Waals surface area contributed by atoms with Crippen LogP contribution in [0.25, 0.3) is 10.8 Å². The van der Waals surface area contributed by atoms with Crippen LogP contribution in [-0.2, 0) is 16.0 Å². The number of primary amides is 1. The molecule has 1 atom stereocenters. The lowest BCUT2D eigenvalue weighted by atomic mass is 10.1. The summed E-state index contributed by atoms with van der Waals surface area (Å²) in [5, 5.41) is 9.13. The van der Waals surface area contributed by atoms with Crippen LogP contribution in [0, 0.1) is 0 Å². The zero-order valence-corrected chi connectivity index (χ0v) is 19.0. The summed E-state index contributed by atoms with van der Waals surface area (Å²) >= 11 is 1.58. The van der Waals surface area contributed by atoms with Gasteiger partial charge in [-0.2, -0.15) is 0 Å². The molecule has 2 aromatic carbocycles. The summed E-state index contributed by atoms with van der Waals surface area (Å²) in [6.45, 7) is 0.606. The molecule has 0 spiro atoms. The van der Waals surface area contributed by atoms with E-state index in [0.717, 1.165) is 15.6 Å². The quantitative estimate of drug-likeness (QED) is 0.301. The van der Waals surface area contributed by atoms with E-state index in [-0.39, 0.29) is 12.5 Å². The first-order valence-corrected chi connectivity index (χ1v) is 11.6. The van der Waals surface area contributed by atoms with Gasteiger partial charge >= 0.3 is 0 Å². The largest absolute Gasteiger partial charge is 0.493 e. The Morgan fingerprint density at radius 2 is 1.76 bits per heavy atom. The van der Waals surface area contributed by atoms with Crippen molar-refractivity contribution >= 4 is 39.8 Å². The highest BCUT2D eigenvalue weighted by Crippen LogP contribution is 2.26. The minimum atomic E-state index is -0.622. The lowest BCUT2D eigenvalue weighted by Crippen LogP contribution is -2.42. The van der Waals surface area contributed by atoms with E-state index in [1.807, 2.05) is 41.8 Å². The number of ether oxygens (including phenoxy) is 1. The summed E-state index contributed by atoms with van der Waals surface area (Å²) in [5.74, 6) is -0.796. The number of nitrogens with two attached hydrogens (primary N) is 2. The van der Waals surface area contributed by atoms with E-state index in [2.05, 4.69) is 10.6 Å². The zero-order valence-electron chi connectivity index (χ0n) is 18.2. The van der Waals surface area contributed by atoms with Gasteiger partial charge in [-0.1, -0.05) is 30.3 Å². The molecule has 9 heteroatoms. The maximum atomic E-state index is 12.5. The molecule has 8 nitrogen and oxygen atoms in total. The molecule has 1 aromatic heterocycles. The highest BCUT2D eigenvalue weighted by atomic mass is 32.1. The Morgan fingerprint density at radius 3 is 2.45 bits per heavy atom. The highest BCUT2D eigenvalue weighted by Gasteiger charge is 2.16. The van der Waals surface area contributed by atoms with E-state index in [0.29, 0.717) is 43.7 Å². The van der Waals surface area contributed by atoms with Gasteiger partial charge in [0.1, 0.15) is 5.75 Å². The summed E-state index contributed by atoms with van der Waals surface area (Å²) in [4.78, 5) is 36.8. The fraction of sp³-hybridized carbons (Fsp3) is 0.292. The molecule has 174 valence electrons. The molecule has 0 aliphatic heterocycles. The number of unbranched alkanes of at least 4 members (excludes halogenated alkanes) is 1. The van der Waals surface area contributed by atoms with Crippen LogP contribution in [-0.4, -0.2) is 43.5 Å². The molecule has 0 saturated carbocycles. The van der Waals surface area contributed by atoms with Crippen molar-refractivity contribution in [3.63, 3.8) is 0 Å². The molecule has 3 aromatic rings. The molecule has 3 amide bonds. The standard InChI is InChI=1S/C24H28N4O4S/c25-20(14-18-8-5-11-33-18)24(31)27-9-3-4-10-32-21-13-17-7-2-1-6-16(17)12-19(21)23(30)28-15-22(26)29/h1-2,5-8,11-13,20H,3-4,9-10,14-15,25H2,(H2,26,29)(H,27,31)(H,28,30). The number of hydrogen-bond donors (Lipinski definition) is 4. The maximum Gasteiger partial charge on any atom is 0.255 e. The molecule has 0 radical (unpaired) electrons. The molecule has 0 fully saturated rings. The smallest absolute Gasteiger partial charge is 0.255 e. The van der Waals surface area contributed by atoms with Crippen LogP contribution in [0.5, 0.6) is 5.75 Å². The molecular weight excluding hydrogens is 440 g/mol. The van der Waals surface area contributed by atoms with Crippen LogP contribution >= 0.6 is 11.3 Å². The van der Waals surface area contributed by atoms with Crippen LogP contribution in [0.15, 0.2) is 53.9 Å². The van der Waals surface area contributed by atoms with Gasteiger partial charge in [-0.3, -0.25) is 14.4 Å². The first-order valence-electron chi connectivity index (χ1n) is 10.7. The van der Waals surface area contributed by atoms with Crippen molar-refractivity contribution in [3.05, 3.63) is 64.4 Å². The SMILES string of the molecule is NC(=O)CNC(=O)c1cc2ccccc2cc1OCCCCNC(=O)C(N)Cc1cccs1. The molecular formula is C24H28N4O4S. The van der Waals surface area contributed by atoms with Crippen LogP contribution in [0.3, 0.4) is 0 Å². The summed E-state index contributed by atoms with van der Waals surface area (Å²) < 4.78 is 5.88. The highest BCUT2D eigenvalue weighted by molar-refractivity contribution is 7.09. The lowest BCUT2D eigenvalue weighted by Gasteiger charge is -2.14. The number of thiophene rings is 1. The number of fused-ring (bicyclic) bond motifs is 1. The average Bonchev–Trinajstić information content (AvgIpc) is 3.32. The van der Waals surface area contributed by atoms with Crippen LogP contribution < -0.4 is 26.8 Å². The molecule has 6 N–H and O–H groups in total. The van der Waals surface area contributed by atoms with E-state index in [4.69, 9.17) is 16.2 Å². The Morgan fingerprint density at radius 1 is 1.00 bits per heavy atom. The second kappa shape index (κ2) is 12.0. The van der Waals surface area contributed by atoms with Crippen molar-refractivity contribution in [2.45, 2.75) is 25.3 Å². The number of nitrogens with one attached hydrogen (secondary N) is 2. The van der Waals surface area contributed by atoms with Gasteiger partial charge in [-0.25, -0.2) is 0 Å². The number of amides is 3. The van der Waals surface area contributed by atoms with Crippen molar-refractivity contribution < 1.29 is 19.1 Å². The molecule has 0 saturated heterocycles. The molecule has 0 aliphatic carbocycles. The predicted molar refractivity (Wildman–Crippen MR) is 129 cm³/mol. The zero-order chi connectivity index (χ0) is 23.6. The molecule has 1 unspecified atom stereocenters. The molecule has 33 heavy (non-hydrogen) atoms. The van der Waals surface area contributed by atoms with Crippen molar-refractivity contribution in [3.8, 4) is 5.75 Å². The van der Waals surface area contributed by atoms with Gasteiger partial charge in [0.05, 0.1) is 24.8 Å². The van der Waals surface area contributed by atoms with Crippen molar-refractivity contribution in [1.82, 2.24) is 10.6 Å². The normalized spacial score (nSPS) is 11.7. The number of rotatable bonds is 12. The first-order chi connectivity index (χ1) is 15.9. The van der Waals surface area contributed by atoms with E-state index in [1.165, 1.54) is 0 Å². The monoisotopic (exact) mass is 468 g/mol. The summed E-state index contributed by atoms with van der Waals surface area (Å²) in [6, 6.07) is 14.5. The van der Waals surface area contributed by atoms with E-state index < -0.39 is 17.9 Å². The van der Waals surface area contributed by atoms with Gasteiger partial charge in [0.2, 0.25) is 11.8 Å². The minimum Gasteiger partial charge on any atom is -0.493 e. The van der Waals surface area contributed by atoms with Gasteiger partial charge in [0.15, 0.2) is 0 Å². The second-order valence-corrected chi connectivity index (χ2v) is 8.61. The maximum absolute atomic E-state index is 12.5. The second-order valence-electron chi connectivity index (χ2n) is 7.58. The summed E-state index contributed by atoms with van der Waals surface area (Å²) in [6.07, 6.45) is 1.90. The summed E-state index contributed by atoms with van der Waals surface area (Å²) in [5.41, 5.74) is 11.4. The number of hydrogen-bond acceptors (Lipinski definition) is 6. The Balaban J connectivity index is 1.49. The van der Waals surface area contributed by atoms with Crippen molar-refractivity contribution in [1.29, 1.82) is 0 Å². The topological polar surface area (TPSA) is 137 Å². The predicted octanol–water partition coefficient (Wildman–Crippen LogP) is 1.96. The third kappa shape index (κ3) is 7.30. The van der Waals surface area contributed by atoms with Crippen LogP contribution in [0.2, 0.25) is 0 Å². The van der Waals surface area contributed by atoms with Crippen molar-refractivity contribution in [2.24, 2.45) is 11.5 Å². The lowest BCUT2D eigenvalue weighted by molar-refractivity contribution is -0.122. The van der Waals surface area contributed by atoms with Gasteiger partial charge in [-0.15, -0.1) is 11.3 Å². The fourth-order valence-corrected chi connectivity index (χ4v) is 4.03. The Labute approximate surface area is 196 Å². The Hall–Kier alpha value is -3.43. The first kappa shape index (κ1) is 24.2. The number of carbonyl (C=O) groups excluding carboxylic acids is 3. The average molecular weight is 469 g/mol. The van der Waals surface area contributed by atoms with E-state index in [9.17, 15) is 14.4 Å².